The summed E-state index contributed by atoms with van der Waals surface area (Å²) in [5.41, 5.74) is 3.21. The van der Waals surface area contributed by atoms with Crippen LogP contribution in [0, 0.1) is 13.8 Å². The quantitative estimate of drug-likeness (QED) is 0.735. The van der Waals surface area contributed by atoms with Crippen molar-refractivity contribution >= 4 is 5.78 Å². The van der Waals surface area contributed by atoms with Crippen molar-refractivity contribution in [3.8, 4) is 0 Å². The molecule has 0 aliphatic heterocycles. The molecule has 1 rings (SSSR count). The second kappa shape index (κ2) is 6.83. The topological polar surface area (TPSA) is 23.6 Å². The molecule has 3 nitrogen and oxygen atoms in total. The number of carbonyl (C=O) groups excluding carboxylic acids is 1. The largest absolute Gasteiger partial charge is 0.308 e. The van der Waals surface area contributed by atoms with E-state index >= 15 is 0 Å². The number of Topliss-reactive ketones (excluding diaryl/α,β-unsaturated/α-hetero) is 1. The fourth-order valence-electron chi connectivity index (χ4n) is 1.89. The van der Waals surface area contributed by atoms with Gasteiger partial charge in [0, 0.05) is 18.7 Å². The van der Waals surface area contributed by atoms with Gasteiger partial charge in [-0.15, -0.1) is 0 Å². The maximum atomic E-state index is 12.4. The standard InChI is InChI=1S/C16H26N2O/c1-12-7-8-15(11-13(12)2)16(19)14(3)18(6)10-9-17(4)5/h7-8,11,14H,9-10H2,1-6H3. The Hall–Kier alpha value is -1.19. The average Bonchev–Trinajstić information content (AvgIpc) is 2.37. The van der Waals surface area contributed by atoms with Crippen molar-refractivity contribution in [3.05, 3.63) is 34.9 Å². The van der Waals surface area contributed by atoms with Gasteiger partial charge in [0.15, 0.2) is 5.78 Å². The van der Waals surface area contributed by atoms with E-state index in [0.717, 1.165) is 18.7 Å². The van der Waals surface area contributed by atoms with Gasteiger partial charge < -0.3 is 4.90 Å². The Kier molecular flexibility index (Phi) is 5.70. The summed E-state index contributed by atoms with van der Waals surface area (Å²) in [6.07, 6.45) is 0. The van der Waals surface area contributed by atoms with Gasteiger partial charge in [-0.25, -0.2) is 0 Å². The number of likely N-dealkylation sites (N-methyl/N-ethyl adjacent to an activating group) is 2. The molecule has 1 aromatic carbocycles. The summed E-state index contributed by atoms with van der Waals surface area (Å²) < 4.78 is 0. The molecule has 1 aromatic rings. The van der Waals surface area contributed by atoms with Gasteiger partial charge >= 0.3 is 0 Å². The van der Waals surface area contributed by atoms with Gasteiger partial charge in [-0.3, -0.25) is 9.69 Å². The zero-order valence-corrected chi connectivity index (χ0v) is 13.0. The molecule has 0 spiro atoms. The molecule has 0 saturated heterocycles. The molecule has 0 amide bonds. The highest BCUT2D eigenvalue weighted by molar-refractivity contribution is 6.00. The van der Waals surface area contributed by atoms with Crippen LogP contribution in [0.25, 0.3) is 0 Å². The van der Waals surface area contributed by atoms with Crippen molar-refractivity contribution in [1.82, 2.24) is 9.80 Å². The number of ketones is 1. The van der Waals surface area contributed by atoms with Crippen LogP contribution in [0.5, 0.6) is 0 Å². The van der Waals surface area contributed by atoms with Crippen molar-refractivity contribution in [2.45, 2.75) is 26.8 Å². The van der Waals surface area contributed by atoms with Crippen molar-refractivity contribution < 1.29 is 4.79 Å². The van der Waals surface area contributed by atoms with Crippen LogP contribution in [0.2, 0.25) is 0 Å². The molecular weight excluding hydrogens is 236 g/mol. The summed E-state index contributed by atoms with van der Waals surface area (Å²) in [5.74, 6) is 0.198. The molecule has 0 aliphatic carbocycles. The Labute approximate surface area is 117 Å². The van der Waals surface area contributed by atoms with Crippen molar-refractivity contribution in [2.75, 3.05) is 34.2 Å². The highest BCUT2D eigenvalue weighted by Crippen LogP contribution is 2.13. The lowest BCUT2D eigenvalue weighted by molar-refractivity contribution is 0.0862. The number of benzene rings is 1. The van der Waals surface area contributed by atoms with Gasteiger partial charge in [0.2, 0.25) is 0 Å². The minimum atomic E-state index is -0.0814. The summed E-state index contributed by atoms with van der Waals surface area (Å²) in [4.78, 5) is 16.7. The van der Waals surface area contributed by atoms with E-state index in [9.17, 15) is 4.79 Å². The van der Waals surface area contributed by atoms with E-state index in [-0.39, 0.29) is 11.8 Å². The SMILES string of the molecule is Cc1ccc(C(=O)C(C)N(C)CCN(C)C)cc1C. The Balaban J connectivity index is 2.72. The van der Waals surface area contributed by atoms with Crippen LogP contribution in [0.15, 0.2) is 18.2 Å². The Bertz CT molecular complexity index is 440. The maximum Gasteiger partial charge on any atom is 0.179 e. The predicted molar refractivity (Wildman–Crippen MR) is 80.9 cm³/mol. The number of carbonyl (C=O) groups is 1. The van der Waals surface area contributed by atoms with E-state index in [1.165, 1.54) is 11.1 Å². The predicted octanol–water partition coefficient (Wildman–Crippen LogP) is 2.37. The molecule has 0 bridgehead atoms. The number of nitrogens with zero attached hydrogens (tertiary/aromatic N) is 2. The Morgan fingerprint density at radius 1 is 1.11 bits per heavy atom. The second-order valence-electron chi connectivity index (χ2n) is 5.62. The molecule has 0 N–H and O–H groups in total. The maximum absolute atomic E-state index is 12.4. The Morgan fingerprint density at radius 3 is 2.26 bits per heavy atom. The number of rotatable bonds is 6. The summed E-state index contributed by atoms with van der Waals surface area (Å²) >= 11 is 0. The second-order valence-corrected chi connectivity index (χ2v) is 5.62. The van der Waals surface area contributed by atoms with Gasteiger partial charge in [0.25, 0.3) is 0 Å². The first-order chi connectivity index (χ1) is 8.82. The smallest absolute Gasteiger partial charge is 0.179 e. The molecule has 0 fully saturated rings. The van der Waals surface area contributed by atoms with Crippen LogP contribution in [0.1, 0.15) is 28.4 Å². The van der Waals surface area contributed by atoms with E-state index < -0.39 is 0 Å². The highest BCUT2D eigenvalue weighted by Gasteiger charge is 2.19. The minimum Gasteiger partial charge on any atom is -0.308 e. The fraction of sp³-hybridized carbons (Fsp3) is 0.562. The van der Waals surface area contributed by atoms with E-state index in [2.05, 4.69) is 16.7 Å². The zero-order valence-electron chi connectivity index (χ0n) is 13.0. The van der Waals surface area contributed by atoms with E-state index in [1.807, 2.05) is 53.2 Å². The van der Waals surface area contributed by atoms with Crippen LogP contribution in [-0.4, -0.2) is 55.9 Å². The molecule has 0 heterocycles. The molecule has 0 saturated carbocycles. The van der Waals surface area contributed by atoms with Crippen LogP contribution in [0.4, 0.5) is 0 Å². The summed E-state index contributed by atoms with van der Waals surface area (Å²) in [6.45, 7) is 7.95. The molecule has 0 aliphatic rings. The lowest BCUT2D eigenvalue weighted by Gasteiger charge is -2.25. The van der Waals surface area contributed by atoms with Gasteiger partial charge in [-0.1, -0.05) is 12.1 Å². The third kappa shape index (κ3) is 4.44. The van der Waals surface area contributed by atoms with E-state index in [1.54, 1.807) is 0 Å². The van der Waals surface area contributed by atoms with Gasteiger partial charge in [-0.05, 0) is 59.1 Å². The lowest BCUT2D eigenvalue weighted by Crippen LogP contribution is -2.39. The molecule has 1 atom stereocenters. The van der Waals surface area contributed by atoms with Crippen molar-refractivity contribution in [1.29, 1.82) is 0 Å². The molecular formula is C16H26N2O. The van der Waals surface area contributed by atoms with Gasteiger partial charge in [0.05, 0.1) is 6.04 Å². The molecule has 106 valence electrons. The first-order valence-electron chi connectivity index (χ1n) is 6.79. The van der Waals surface area contributed by atoms with Crippen LogP contribution >= 0.6 is 0 Å². The molecule has 0 radical (unpaired) electrons. The van der Waals surface area contributed by atoms with E-state index in [4.69, 9.17) is 0 Å². The number of aryl methyl sites for hydroxylation is 2. The summed E-state index contributed by atoms with van der Waals surface area (Å²) in [5, 5.41) is 0. The third-order valence-electron chi connectivity index (χ3n) is 3.73. The first-order valence-corrected chi connectivity index (χ1v) is 6.79. The van der Waals surface area contributed by atoms with E-state index in [0.29, 0.717) is 0 Å². The zero-order chi connectivity index (χ0) is 14.6. The van der Waals surface area contributed by atoms with Crippen LogP contribution < -0.4 is 0 Å². The number of hydrogen-bond acceptors (Lipinski definition) is 3. The normalized spacial score (nSPS) is 13.1. The highest BCUT2D eigenvalue weighted by atomic mass is 16.1. The van der Waals surface area contributed by atoms with Crippen LogP contribution in [-0.2, 0) is 0 Å². The molecule has 1 unspecified atom stereocenters. The fourth-order valence-corrected chi connectivity index (χ4v) is 1.89. The third-order valence-corrected chi connectivity index (χ3v) is 3.73. The molecule has 0 aromatic heterocycles. The monoisotopic (exact) mass is 262 g/mol. The lowest BCUT2D eigenvalue weighted by atomic mass is 10.00. The summed E-state index contributed by atoms with van der Waals surface area (Å²) in [6, 6.07) is 5.87. The average molecular weight is 262 g/mol. The van der Waals surface area contributed by atoms with Gasteiger partial charge in [-0.2, -0.15) is 0 Å². The Morgan fingerprint density at radius 2 is 1.74 bits per heavy atom. The number of hydrogen-bond donors (Lipinski definition) is 0. The minimum absolute atomic E-state index is 0.0814. The summed E-state index contributed by atoms with van der Waals surface area (Å²) in [7, 11) is 6.10. The first kappa shape index (κ1) is 15.9. The van der Waals surface area contributed by atoms with Crippen LogP contribution in [0.3, 0.4) is 0 Å². The van der Waals surface area contributed by atoms with Gasteiger partial charge in [0.1, 0.15) is 0 Å². The molecule has 19 heavy (non-hydrogen) atoms. The van der Waals surface area contributed by atoms with Crippen molar-refractivity contribution in [3.63, 3.8) is 0 Å². The van der Waals surface area contributed by atoms with Crippen molar-refractivity contribution in [2.24, 2.45) is 0 Å². The molecule has 3 heteroatoms.